The molecule has 0 N–H and O–H groups in total. The third kappa shape index (κ3) is 4.89. The Morgan fingerprint density at radius 3 is 1.81 bits per heavy atom. The molecule has 0 amide bonds. The Labute approximate surface area is 165 Å². The zero-order valence-electron chi connectivity index (χ0n) is 17.3. The van der Waals surface area contributed by atoms with Crippen molar-refractivity contribution < 1.29 is 0 Å². The maximum atomic E-state index is 2.32. The lowest BCUT2D eigenvalue weighted by Gasteiger charge is -2.23. The standard InChI is InChI=1S/C27H32/c1-5-27(3,4)25-19-15-23(16-20-25)11-8-10-22-13-17-24(18-14-22)26-12-7-6-9-21(26)2/h6-7,9,12-20H,5,8,10-11H2,1-4H3. The Hall–Kier alpha value is -2.34. The molecule has 3 aromatic rings. The fraction of sp³-hybridized carbons (Fsp3) is 0.333. The van der Waals surface area contributed by atoms with E-state index in [4.69, 9.17) is 0 Å². The highest BCUT2D eigenvalue weighted by molar-refractivity contribution is 5.67. The highest BCUT2D eigenvalue weighted by Gasteiger charge is 2.17. The summed E-state index contributed by atoms with van der Waals surface area (Å²) in [7, 11) is 0. The van der Waals surface area contributed by atoms with Gasteiger partial charge in [0.2, 0.25) is 0 Å². The molecule has 0 aliphatic heterocycles. The van der Waals surface area contributed by atoms with Gasteiger partial charge in [-0.15, -0.1) is 0 Å². The van der Waals surface area contributed by atoms with Gasteiger partial charge in [-0.1, -0.05) is 93.6 Å². The van der Waals surface area contributed by atoms with Crippen molar-refractivity contribution in [1.29, 1.82) is 0 Å². The minimum atomic E-state index is 0.275. The minimum Gasteiger partial charge on any atom is -0.0646 e. The van der Waals surface area contributed by atoms with E-state index >= 15 is 0 Å². The Morgan fingerprint density at radius 2 is 1.26 bits per heavy atom. The molecule has 0 fully saturated rings. The van der Waals surface area contributed by atoms with Crippen molar-refractivity contribution in [1.82, 2.24) is 0 Å². The minimum absolute atomic E-state index is 0.275. The summed E-state index contributed by atoms with van der Waals surface area (Å²) in [6, 6.07) is 27.0. The number of benzene rings is 3. The van der Waals surface area contributed by atoms with Gasteiger partial charge in [-0.25, -0.2) is 0 Å². The average molecular weight is 357 g/mol. The lowest BCUT2D eigenvalue weighted by Crippen LogP contribution is -2.15. The third-order valence-corrected chi connectivity index (χ3v) is 5.96. The van der Waals surface area contributed by atoms with Crippen molar-refractivity contribution >= 4 is 0 Å². The summed E-state index contributed by atoms with van der Waals surface area (Å²) in [5.74, 6) is 0. The van der Waals surface area contributed by atoms with Gasteiger partial charge in [-0.2, -0.15) is 0 Å². The molecule has 3 rings (SSSR count). The molecule has 0 saturated heterocycles. The van der Waals surface area contributed by atoms with Crippen LogP contribution >= 0.6 is 0 Å². The van der Waals surface area contributed by atoms with Crippen molar-refractivity contribution in [3.8, 4) is 11.1 Å². The van der Waals surface area contributed by atoms with Crippen molar-refractivity contribution in [2.24, 2.45) is 0 Å². The summed E-state index contributed by atoms with van der Waals surface area (Å²) in [6.07, 6.45) is 4.65. The van der Waals surface area contributed by atoms with E-state index in [-0.39, 0.29) is 5.41 Å². The molecule has 27 heavy (non-hydrogen) atoms. The van der Waals surface area contributed by atoms with Gasteiger partial charge in [0, 0.05) is 0 Å². The monoisotopic (exact) mass is 356 g/mol. The Balaban J connectivity index is 1.56. The normalized spacial score (nSPS) is 11.6. The number of rotatable bonds is 7. The lowest BCUT2D eigenvalue weighted by molar-refractivity contribution is 0.506. The van der Waals surface area contributed by atoms with Crippen LogP contribution in [-0.2, 0) is 18.3 Å². The van der Waals surface area contributed by atoms with Crippen LogP contribution in [0.5, 0.6) is 0 Å². The number of hydrogen-bond acceptors (Lipinski definition) is 0. The van der Waals surface area contributed by atoms with Crippen molar-refractivity contribution in [3.63, 3.8) is 0 Å². The molecule has 140 valence electrons. The summed E-state index contributed by atoms with van der Waals surface area (Å²) >= 11 is 0. The molecular weight excluding hydrogens is 324 g/mol. The molecule has 0 heteroatoms. The van der Waals surface area contributed by atoms with Crippen molar-refractivity contribution in [3.05, 3.63) is 95.1 Å². The van der Waals surface area contributed by atoms with Crippen LogP contribution in [0.1, 0.15) is 55.9 Å². The first kappa shape index (κ1) is 19.4. The largest absolute Gasteiger partial charge is 0.0646 e. The summed E-state index contributed by atoms with van der Waals surface area (Å²) in [6.45, 7) is 9.08. The van der Waals surface area contributed by atoms with E-state index in [2.05, 4.69) is 100 Å². The Bertz CT molecular complexity index is 851. The van der Waals surface area contributed by atoms with Gasteiger partial charge in [0.05, 0.1) is 0 Å². The second-order valence-corrected chi connectivity index (χ2v) is 8.30. The smallest absolute Gasteiger partial charge is 0.0106 e. The summed E-state index contributed by atoms with van der Waals surface area (Å²) < 4.78 is 0. The van der Waals surface area contributed by atoms with Crippen LogP contribution in [0.15, 0.2) is 72.8 Å². The summed E-state index contributed by atoms with van der Waals surface area (Å²) in [5, 5.41) is 0. The van der Waals surface area contributed by atoms with E-state index in [1.54, 1.807) is 0 Å². The molecule has 0 aliphatic rings. The van der Waals surface area contributed by atoms with Gasteiger partial charge in [0.1, 0.15) is 0 Å². The molecular formula is C27H32. The van der Waals surface area contributed by atoms with Crippen LogP contribution in [-0.4, -0.2) is 0 Å². The maximum Gasteiger partial charge on any atom is -0.0106 e. The van der Waals surface area contributed by atoms with E-state index in [1.165, 1.54) is 46.2 Å². The zero-order valence-corrected chi connectivity index (χ0v) is 17.3. The number of hydrogen-bond donors (Lipinski definition) is 0. The molecule has 0 radical (unpaired) electrons. The second kappa shape index (κ2) is 8.57. The first-order valence-electron chi connectivity index (χ1n) is 10.2. The fourth-order valence-electron chi connectivity index (χ4n) is 3.57. The Kier molecular flexibility index (Phi) is 6.16. The van der Waals surface area contributed by atoms with E-state index < -0.39 is 0 Å². The first-order chi connectivity index (χ1) is 13.0. The van der Waals surface area contributed by atoms with Gasteiger partial charge in [-0.3, -0.25) is 0 Å². The topological polar surface area (TPSA) is 0 Å². The molecule has 0 atom stereocenters. The molecule has 0 unspecified atom stereocenters. The predicted molar refractivity (Wildman–Crippen MR) is 118 cm³/mol. The van der Waals surface area contributed by atoms with Gasteiger partial charge in [0.15, 0.2) is 0 Å². The molecule has 0 bridgehead atoms. The van der Waals surface area contributed by atoms with Gasteiger partial charge >= 0.3 is 0 Å². The van der Waals surface area contributed by atoms with Crippen LogP contribution in [0, 0.1) is 6.92 Å². The summed E-state index contributed by atoms with van der Waals surface area (Å²) in [4.78, 5) is 0. The van der Waals surface area contributed by atoms with E-state index in [1.807, 2.05) is 0 Å². The van der Waals surface area contributed by atoms with Gasteiger partial charge < -0.3 is 0 Å². The van der Waals surface area contributed by atoms with Crippen LogP contribution in [0.25, 0.3) is 11.1 Å². The molecule has 0 aliphatic carbocycles. The van der Waals surface area contributed by atoms with Gasteiger partial charge in [-0.05, 0) is 71.4 Å². The molecule has 0 nitrogen and oxygen atoms in total. The van der Waals surface area contributed by atoms with Crippen molar-refractivity contribution in [2.75, 3.05) is 0 Å². The molecule has 0 aromatic heterocycles. The Morgan fingerprint density at radius 1 is 0.704 bits per heavy atom. The highest BCUT2D eigenvalue weighted by atomic mass is 14.2. The predicted octanol–water partition coefficient (Wildman–Crippen LogP) is 7.52. The molecule has 3 aromatic carbocycles. The highest BCUT2D eigenvalue weighted by Crippen LogP contribution is 2.27. The third-order valence-electron chi connectivity index (χ3n) is 5.96. The SMILES string of the molecule is CCC(C)(C)c1ccc(CCCc2ccc(-c3ccccc3C)cc2)cc1. The summed E-state index contributed by atoms with van der Waals surface area (Å²) in [5.41, 5.74) is 8.57. The lowest BCUT2D eigenvalue weighted by atomic mass is 9.82. The first-order valence-corrected chi connectivity index (χ1v) is 10.2. The van der Waals surface area contributed by atoms with Crippen molar-refractivity contribution in [2.45, 2.75) is 58.8 Å². The number of aryl methyl sites for hydroxylation is 3. The quantitative estimate of drug-likeness (QED) is 0.410. The fourth-order valence-corrected chi connectivity index (χ4v) is 3.57. The van der Waals surface area contributed by atoms with Crippen LogP contribution in [0.2, 0.25) is 0 Å². The average Bonchev–Trinajstić information content (AvgIpc) is 2.69. The van der Waals surface area contributed by atoms with Gasteiger partial charge in [0.25, 0.3) is 0 Å². The zero-order chi connectivity index (χ0) is 19.3. The van der Waals surface area contributed by atoms with E-state index in [0.29, 0.717) is 0 Å². The van der Waals surface area contributed by atoms with Crippen LogP contribution in [0.4, 0.5) is 0 Å². The molecule has 0 heterocycles. The second-order valence-electron chi connectivity index (χ2n) is 8.30. The molecule has 0 spiro atoms. The van der Waals surface area contributed by atoms with Crippen LogP contribution < -0.4 is 0 Å². The van der Waals surface area contributed by atoms with E-state index in [9.17, 15) is 0 Å². The van der Waals surface area contributed by atoms with E-state index in [0.717, 1.165) is 12.8 Å². The maximum absolute atomic E-state index is 2.32. The van der Waals surface area contributed by atoms with Crippen LogP contribution in [0.3, 0.4) is 0 Å². The molecule has 0 saturated carbocycles.